The number of hydrogen-bond acceptors (Lipinski definition) is 4. The highest BCUT2D eigenvalue weighted by Crippen LogP contribution is 2.28. The molecule has 3 aromatic rings. The van der Waals surface area contributed by atoms with E-state index in [0.29, 0.717) is 11.8 Å². The van der Waals surface area contributed by atoms with E-state index in [1.165, 1.54) is 6.07 Å². The highest BCUT2D eigenvalue weighted by Gasteiger charge is 2.36. The molecule has 4 rings (SSSR count). The van der Waals surface area contributed by atoms with Gasteiger partial charge in [0.2, 0.25) is 11.8 Å². The Bertz CT molecular complexity index is 1150. The van der Waals surface area contributed by atoms with E-state index in [0.717, 1.165) is 22.6 Å². The van der Waals surface area contributed by atoms with Gasteiger partial charge >= 0.3 is 0 Å². The molecule has 158 valence electrons. The molecule has 0 radical (unpaired) electrons. The molecule has 1 unspecified atom stereocenters. The average molecular weight is 425 g/mol. The highest BCUT2D eigenvalue weighted by molar-refractivity contribution is 6.01. The van der Waals surface area contributed by atoms with E-state index >= 15 is 0 Å². The molecule has 31 heavy (non-hydrogen) atoms. The van der Waals surface area contributed by atoms with Gasteiger partial charge < -0.3 is 4.90 Å². The second-order valence-electron chi connectivity index (χ2n) is 6.98. The highest BCUT2D eigenvalue weighted by atomic mass is 19.1. The predicted octanol–water partition coefficient (Wildman–Crippen LogP) is 2.17. The number of H-pyrrole nitrogens is 1. The first kappa shape index (κ1) is 20.2. The molecule has 0 bridgehead atoms. The van der Waals surface area contributed by atoms with Gasteiger partial charge in [-0.05, 0) is 18.2 Å². The fraction of sp³-hybridized carbons (Fsp3) is 0.143. The van der Waals surface area contributed by atoms with Gasteiger partial charge in [0.05, 0.1) is 17.3 Å². The number of aromatic amines is 1. The Morgan fingerprint density at radius 2 is 1.84 bits per heavy atom. The number of benzene rings is 2. The lowest BCUT2D eigenvalue weighted by Crippen LogP contribution is -2.45. The zero-order chi connectivity index (χ0) is 22.0. The molecule has 10 heteroatoms. The fourth-order valence-electron chi connectivity index (χ4n) is 3.30. The van der Waals surface area contributed by atoms with E-state index < -0.39 is 35.3 Å². The fourth-order valence-corrected chi connectivity index (χ4v) is 3.30. The van der Waals surface area contributed by atoms with Crippen LogP contribution >= 0.6 is 0 Å². The average Bonchev–Trinajstić information content (AvgIpc) is 3.40. The molecule has 3 amide bonds. The van der Waals surface area contributed by atoms with Crippen molar-refractivity contribution in [2.24, 2.45) is 5.92 Å². The monoisotopic (exact) mass is 425 g/mol. The van der Waals surface area contributed by atoms with Crippen LogP contribution in [0, 0.1) is 17.6 Å². The molecule has 2 heterocycles. The van der Waals surface area contributed by atoms with E-state index in [1.807, 2.05) is 30.3 Å². The summed E-state index contributed by atoms with van der Waals surface area (Å²) < 4.78 is 27.1. The van der Waals surface area contributed by atoms with Crippen LogP contribution in [-0.2, 0) is 9.59 Å². The standard InChI is InChI=1S/C21H17F2N5O3/c22-14-6-7-18(15(23)9-14)28-11-13(8-19(28)29)20(30)26-27-21(31)17-10-16(24-25-17)12-4-2-1-3-5-12/h1-7,9-10,13H,8,11H2,(H,24,25)(H,26,30)(H,27,31). The topological polar surface area (TPSA) is 107 Å². The van der Waals surface area contributed by atoms with E-state index in [-0.39, 0.29) is 24.3 Å². The molecule has 1 saturated heterocycles. The molecule has 1 atom stereocenters. The number of hydrogen-bond donors (Lipinski definition) is 3. The maximum Gasteiger partial charge on any atom is 0.287 e. The summed E-state index contributed by atoms with van der Waals surface area (Å²) in [6.07, 6.45) is -0.166. The minimum Gasteiger partial charge on any atom is -0.309 e. The number of rotatable bonds is 4. The second kappa shape index (κ2) is 8.34. The maximum absolute atomic E-state index is 14.0. The Labute approximate surface area is 175 Å². The number of aromatic nitrogens is 2. The number of nitrogens with one attached hydrogen (secondary N) is 3. The zero-order valence-corrected chi connectivity index (χ0v) is 16.1. The van der Waals surface area contributed by atoms with Gasteiger partial charge in [0, 0.05) is 24.6 Å². The Hall–Kier alpha value is -4.08. The number of halogens is 2. The molecule has 0 aliphatic carbocycles. The molecular weight excluding hydrogens is 408 g/mol. The zero-order valence-electron chi connectivity index (χ0n) is 16.1. The smallest absolute Gasteiger partial charge is 0.287 e. The van der Waals surface area contributed by atoms with Gasteiger partial charge in [-0.3, -0.25) is 30.3 Å². The molecule has 0 saturated carbocycles. The maximum atomic E-state index is 14.0. The molecule has 3 N–H and O–H groups in total. The lowest BCUT2D eigenvalue weighted by atomic mass is 10.1. The third-order valence-electron chi connectivity index (χ3n) is 4.89. The third-order valence-corrected chi connectivity index (χ3v) is 4.89. The Morgan fingerprint density at radius 3 is 2.58 bits per heavy atom. The molecule has 1 aromatic heterocycles. The molecule has 0 spiro atoms. The minimum absolute atomic E-state index is 0.0920. The van der Waals surface area contributed by atoms with Gasteiger partial charge in [-0.2, -0.15) is 5.10 Å². The first-order chi connectivity index (χ1) is 14.9. The van der Waals surface area contributed by atoms with E-state index in [9.17, 15) is 23.2 Å². The van der Waals surface area contributed by atoms with Crippen LogP contribution in [0.3, 0.4) is 0 Å². The van der Waals surface area contributed by atoms with Crippen LogP contribution in [0.1, 0.15) is 16.9 Å². The van der Waals surface area contributed by atoms with E-state index in [2.05, 4.69) is 21.0 Å². The first-order valence-electron chi connectivity index (χ1n) is 9.39. The van der Waals surface area contributed by atoms with Gasteiger partial charge in [0.15, 0.2) is 0 Å². The predicted molar refractivity (Wildman–Crippen MR) is 106 cm³/mol. The number of amides is 3. The summed E-state index contributed by atoms with van der Waals surface area (Å²) in [6.45, 7) is -0.0920. The van der Waals surface area contributed by atoms with Gasteiger partial charge in [-0.1, -0.05) is 30.3 Å². The van der Waals surface area contributed by atoms with Crippen molar-refractivity contribution in [1.29, 1.82) is 0 Å². The second-order valence-corrected chi connectivity index (χ2v) is 6.98. The lowest BCUT2D eigenvalue weighted by Gasteiger charge is -2.17. The van der Waals surface area contributed by atoms with Gasteiger partial charge in [-0.25, -0.2) is 8.78 Å². The van der Waals surface area contributed by atoms with Crippen molar-refractivity contribution < 1.29 is 23.2 Å². The molecular formula is C21H17F2N5O3. The third kappa shape index (κ3) is 4.27. The van der Waals surface area contributed by atoms with E-state index in [4.69, 9.17) is 0 Å². The number of carbonyl (C=O) groups excluding carboxylic acids is 3. The molecule has 2 aromatic carbocycles. The molecule has 1 aliphatic heterocycles. The summed E-state index contributed by atoms with van der Waals surface area (Å²) in [6, 6.07) is 13.6. The summed E-state index contributed by atoms with van der Waals surface area (Å²) in [7, 11) is 0. The van der Waals surface area contributed by atoms with Crippen LogP contribution in [0.5, 0.6) is 0 Å². The molecule has 1 fully saturated rings. The number of anilines is 1. The summed E-state index contributed by atoms with van der Waals surface area (Å²) in [5.41, 5.74) is 5.95. The van der Waals surface area contributed by atoms with Crippen molar-refractivity contribution in [3.8, 4) is 11.3 Å². The van der Waals surface area contributed by atoms with Crippen molar-refractivity contribution in [2.75, 3.05) is 11.4 Å². The Morgan fingerprint density at radius 1 is 1.06 bits per heavy atom. The summed E-state index contributed by atoms with van der Waals surface area (Å²) in [5.74, 6) is -4.16. The summed E-state index contributed by atoms with van der Waals surface area (Å²) >= 11 is 0. The first-order valence-corrected chi connectivity index (χ1v) is 9.39. The SMILES string of the molecule is O=C(NNC(=O)C1CC(=O)N(c2ccc(F)cc2F)C1)c1cc(-c2ccccc2)n[nH]1. The Kier molecular flexibility index (Phi) is 5.44. The van der Waals surface area contributed by atoms with Gasteiger partial charge in [0.25, 0.3) is 5.91 Å². The van der Waals surface area contributed by atoms with Crippen LogP contribution < -0.4 is 15.8 Å². The largest absolute Gasteiger partial charge is 0.309 e. The quantitative estimate of drug-likeness (QED) is 0.557. The number of carbonyl (C=O) groups is 3. The number of nitrogens with zero attached hydrogens (tertiary/aromatic N) is 2. The number of hydrazine groups is 1. The van der Waals surface area contributed by atoms with Crippen LogP contribution in [0.2, 0.25) is 0 Å². The van der Waals surface area contributed by atoms with Crippen molar-refractivity contribution >= 4 is 23.4 Å². The normalized spacial score (nSPS) is 15.7. The van der Waals surface area contributed by atoms with Gasteiger partial charge in [-0.15, -0.1) is 0 Å². The summed E-state index contributed by atoms with van der Waals surface area (Å²) in [4.78, 5) is 38.0. The lowest BCUT2D eigenvalue weighted by molar-refractivity contribution is -0.126. The summed E-state index contributed by atoms with van der Waals surface area (Å²) in [5, 5.41) is 6.66. The van der Waals surface area contributed by atoms with Crippen molar-refractivity contribution in [2.45, 2.75) is 6.42 Å². The van der Waals surface area contributed by atoms with Crippen LogP contribution in [0.4, 0.5) is 14.5 Å². The van der Waals surface area contributed by atoms with Crippen LogP contribution in [0.15, 0.2) is 54.6 Å². The van der Waals surface area contributed by atoms with Crippen LogP contribution in [-0.4, -0.2) is 34.5 Å². The van der Waals surface area contributed by atoms with Crippen molar-refractivity contribution in [1.82, 2.24) is 21.0 Å². The molecule has 8 nitrogen and oxygen atoms in total. The van der Waals surface area contributed by atoms with Crippen molar-refractivity contribution in [3.05, 3.63) is 71.9 Å². The van der Waals surface area contributed by atoms with Gasteiger partial charge in [0.1, 0.15) is 17.3 Å². The van der Waals surface area contributed by atoms with Crippen molar-refractivity contribution in [3.63, 3.8) is 0 Å². The molecule has 1 aliphatic rings. The minimum atomic E-state index is -0.892. The van der Waals surface area contributed by atoms with E-state index in [1.54, 1.807) is 0 Å². The van der Waals surface area contributed by atoms with Crippen LogP contribution in [0.25, 0.3) is 11.3 Å². The Balaban J connectivity index is 1.35.